The molecule has 5 nitrogen and oxygen atoms in total. The molecule has 0 saturated heterocycles. The molecule has 0 spiro atoms. The average molecular weight is 458 g/mol. The first-order valence-electron chi connectivity index (χ1n) is 11.1. The van der Waals surface area contributed by atoms with Crippen LogP contribution in [0.5, 0.6) is 5.75 Å². The number of amides is 1. The number of anilines is 1. The van der Waals surface area contributed by atoms with E-state index in [-0.39, 0.29) is 29.7 Å². The van der Waals surface area contributed by atoms with Gasteiger partial charge in [0.25, 0.3) is 5.91 Å². The lowest BCUT2D eigenvalue weighted by Crippen LogP contribution is -2.36. The molecule has 0 saturated carbocycles. The Bertz CT molecular complexity index is 1470. The van der Waals surface area contributed by atoms with Crippen molar-refractivity contribution in [1.82, 2.24) is 0 Å². The summed E-state index contributed by atoms with van der Waals surface area (Å²) in [5.41, 5.74) is 3.98. The van der Waals surface area contributed by atoms with Gasteiger partial charge in [-0.25, -0.2) is 4.39 Å². The molecular formula is C28H24FNO4. The smallest absolute Gasteiger partial charge is 0.291 e. The molecule has 3 aromatic carbocycles. The highest BCUT2D eigenvalue weighted by Crippen LogP contribution is 2.44. The molecule has 0 aliphatic carbocycles. The number of aryl methyl sites for hydroxylation is 3. The van der Waals surface area contributed by atoms with Crippen molar-refractivity contribution in [2.24, 2.45) is 0 Å². The Morgan fingerprint density at radius 3 is 2.47 bits per heavy atom. The zero-order chi connectivity index (χ0) is 24.2. The van der Waals surface area contributed by atoms with Gasteiger partial charge in [0.05, 0.1) is 12.0 Å². The number of hydrogen-bond donors (Lipinski definition) is 1. The zero-order valence-electron chi connectivity index (χ0n) is 19.4. The molecule has 2 heterocycles. The molecule has 172 valence electrons. The van der Waals surface area contributed by atoms with Gasteiger partial charge in [-0.3, -0.25) is 9.59 Å². The number of carbonyl (C=O) groups is 2. The van der Waals surface area contributed by atoms with Gasteiger partial charge < -0.3 is 14.5 Å². The predicted molar refractivity (Wildman–Crippen MR) is 128 cm³/mol. The van der Waals surface area contributed by atoms with Gasteiger partial charge in [0.15, 0.2) is 11.5 Å². The molecule has 1 amide bonds. The van der Waals surface area contributed by atoms with Gasteiger partial charge in [-0.05, 0) is 69.2 Å². The third-order valence-corrected chi connectivity index (χ3v) is 6.46. The van der Waals surface area contributed by atoms with Crippen molar-refractivity contribution in [2.75, 3.05) is 5.32 Å². The number of halogens is 1. The summed E-state index contributed by atoms with van der Waals surface area (Å²) in [6.45, 7) is 7.50. The third kappa shape index (κ3) is 3.55. The van der Waals surface area contributed by atoms with E-state index in [0.717, 1.165) is 11.1 Å². The Labute approximate surface area is 196 Å². The summed E-state index contributed by atoms with van der Waals surface area (Å²) in [7, 11) is 0. The van der Waals surface area contributed by atoms with Crippen molar-refractivity contribution in [3.05, 3.63) is 94.0 Å². The van der Waals surface area contributed by atoms with Gasteiger partial charge in [-0.1, -0.05) is 29.8 Å². The zero-order valence-corrected chi connectivity index (χ0v) is 19.4. The van der Waals surface area contributed by atoms with Crippen LogP contribution in [0.3, 0.4) is 0 Å². The molecule has 0 fully saturated rings. The second kappa shape index (κ2) is 7.83. The number of benzene rings is 3. The van der Waals surface area contributed by atoms with Crippen molar-refractivity contribution in [1.29, 1.82) is 0 Å². The highest BCUT2D eigenvalue weighted by atomic mass is 19.1. The number of furan rings is 1. The minimum atomic E-state index is -0.924. The molecule has 1 aromatic heterocycles. The molecule has 0 bridgehead atoms. The summed E-state index contributed by atoms with van der Waals surface area (Å²) < 4.78 is 25.6. The number of ether oxygens (including phenoxy) is 1. The molecule has 1 aliphatic heterocycles. The van der Waals surface area contributed by atoms with Crippen LogP contribution in [-0.4, -0.2) is 11.7 Å². The fourth-order valence-corrected chi connectivity index (χ4v) is 4.67. The molecule has 1 unspecified atom stereocenters. The molecule has 6 heteroatoms. The SMILES string of the molecule is Cc1ccc(NC(=O)c2oc3ccc4c(c3c2C)C(=O)CC(C)(c2ccc(F)cc2)O4)c(C)c1. The Balaban J connectivity index is 1.53. The molecule has 1 aliphatic rings. The van der Waals surface area contributed by atoms with Crippen LogP contribution < -0.4 is 10.1 Å². The first-order valence-corrected chi connectivity index (χ1v) is 11.1. The van der Waals surface area contributed by atoms with Gasteiger partial charge >= 0.3 is 0 Å². The largest absolute Gasteiger partial charge is 0.482 e. The van der Waals surface area contributed by atoms with Crippen LogP contribution in [0, 0.1) is 26.6 Å². The normalized spacial score (nSPS) is 17.4. The quantitative estimate of drug-likeness (QED) is 0.375. The van der Waals surface area contributed by atoms with Crippen LogP contribution in [0.25, 0.3) is 11.0 Å². The highest BCUT2D eigenvalue weighted by molar-refractivity contribution is 6.15. The summed E-state index contributed by atoms with van der Waals surface area (Å²) in [6.07, 6.45) is 0.0828. The first kappa shape index (κ1) is 21.9. The fourth-order valence-electron chi connectivity index (χ4n) is 4.67. The number of ketones is 1. The lowest BCUT2D eigenvalue weighted by atomic mass is 9.84. The van der Waals surface area contributed by atoms with Crippen molar-refractivity contribution < 1.29 is 23.1 Å². The van der Waals surface area contributed by atoms with Gasteiger partial charge in [-0.2, -0.15) is 0 Å². The van der Waals surface area contributed by atoms with Crippen LogP contribution in [0.1, 0.15) is 56.5 Å². The van der Waals surface area contributed by atoms with E-state index in [2.05, 4.69) is 5.32 Å². The minimum Gasteiger partial charge on any atom is -0.482 e. The van der Waals surface area contributed by atoms with Crippen molar-refractivity contribution in [2.45, 2.75) is 39.7 Å². The standard InChI is InChI=1S/C28H24FNO4/c1-15-5-10-20(16(2)13-15)30-27(32)26-17(3)24-22(33-26)11-12-23-25(24)21(31)14-28(4,34-23)18-6-8-19(29)9-7-18/h5-13H,14H2,1-4H3,(H,30,32). The first-order chi connectivity index (χ1) is 16.2. The molecule has 5 rings (SSSR count). The van der Waals surface area contributed by atoms with Crippen LogP contribution >= 0.6 is 0 Å². The topological polar surface area (TPSA) is 68.5 Å². The molecule has 34 heavy (non-hydrogen) atoms. The molecular weight excluding hydrogens is 433 g/mol. The Hall–Kier alpha value is -3.93. The van der Waals surface area contributed by atoms with E-state index >= 15 is 0 Å². The van der Waals surface area contributed by atoms with Gasteiger partial charge in [0.2, 0.25) is 0 Å². The Morgan fingerprint density at radius 2 is 1.76 bits per heavy atom. The van der Waals surface area contributed by atoms with E-state index in [0.29, 0.717) is 39.1 Å². The van der Waals surface area contributed by atoms with Crippen molar-refractivity contribution in [3.8, 4) is 5.75 Å². The number of fused-ring (bicyclic) bond motifs is 3. The lowest BCUT2D eigenvalue weighted by molar-refractivity contribution is 0.0507. The van der Waals surface area contributed by atoms with Crippen LogP contribution in [0.15, 0.2) is 59.0 Å². The van der Waals surface area contributed by atoms with Gasteiger partial charge in [0.1, 0.15) is 22.8 Å². The van der Waals surface area contributed by atoms with E-state index in [4.69, 9.17) is 9.15 Å². The maximum Gasteiger partial charge on any atom is 0.291 e. The monoisotopic (exact) mass is 457 g/mol. The Morgan fingerprint density at radius 1 is 1.03 bits per heavy atom. The second-order valence-corrected chi connectivity index (χ2v) is 9.08. The Kier molecular flexibility index (Phi) is 5.04. The molecule has 4 aromatic rings. The number of rotatable bonds is 3. The molecule has 1 atom stereocenters. The van der Waals surface area contributed by atoms with E-state index in [1.807, 2.05) is 39.0 Å². The van der Waals surface area contributed by atoms with E-state index in [1.54, 1.807) is 31.2 Å². The van der Waals surface area contributed by atoms with Crippen LogP contribution in [0.4, 0.5) is 10.1 Å². The van der Waals surface area contributed by atoms with Crippen LogP contribution in [-0.2, 0) is 5.60 Å². The second-order valence-electron chi connectivity index (χ2n) is 9.08. The summed E-state index contributed by atoms with van der Waals surface area (Å²) in [4.78, 5) is 26.4. The fraction of sp³-hybridized carbons (Fsp3) is 0.214. The minimum absolute atomic E-state index is 0.0828. The third-order valence-electron chi connectivity index (χ3n) is 6.46. The van der Waals surface area contributed by atoms with E-state index < -0.39 is 5.60 Å². The average Bonchev–Trinajstić information content (AvgIpc) is 3.12. The van der Waals surface area contributed by atoms with E-state index in [1.165, 1.54) is 12.1 Å². The number of carbonyl (C=O) groups excluding carboxylic acids is 2. The highest BCUT2D eigenvalue weighted by Gasteiger charge is 2.40. The maximum atomic E-state index is 13.4. The van der Waals surface area contributed by atoms with Crippen molar-refractivity contribution >= 4 is 28.3 Å². The van der Waals surface area contributed by atoms with Gasteiger partial charge in [0, 0.05) is 16.6 Å². The molecule has 1 N–H and O–H groups in total. The maximum absolute atomic E-state index is 13.4. The number of hydrogen-bond acceptors (Lipinski definition) is 4. The van der Waals surface area contributed by atoms with Crippen molar-refractivity contribution in [3.63, 3.8) is 0 Å². The summed E-state index contributed by atoms with van der Waals surface area (Å²) in [5.74, 6) is -0.278. The molecule has 0 radical (unpaired) electrons. The summed E-state index contributed by atoms with van der Waals surface area (Å²) in [6, 6.07) is 15.1. The summed E-state index contributed by atoms with van der Waals surface area (Å²) in [5, 5.41) is 3.48. The van der Waals surface area contributed by atoms with Crippen LogP contribution in [0.2, 0.25) is 0 Å². The number of nitrogens with one attached hydrogen (secondary N) is 1. The predicted octanol–water partition coefficient (Wildman–Crippen LogP) is 6.63. The summed E-state index contributed by atoms with van der Waals surface area (Å²) >= 11 is 0. The van der Waals surface area contributed by atoms with E-state index in [9.17, 15) is 14.0 Å². The van der Waals surface area contributed by atoms with Gasteiger partial charge in [-0.15, -0.1) is 0 Å². The lowest BCUT2D eigenvalue weighted by Gasteiger charge is -2.35. The number of Topliss-reactive ketones (excluding diaryl/α,β-unsaturated/α-hetero) is 1.